The summed E-state index contributed by atoms with van der Waals surface area (Å²) in [5, 5.41) is 23.4. The second kappa shape index (κ2) is 4.48. The van der Waals surface area contributed by atoms with Gasteiger partial charge in [0.1, 0.15) is 11.5 Å². The SMILES string of the molecule is CC(=O)c1c(C)c(O)cc2c1ccc1c(C)c(O)ccc12. The summed E-state index contributed by atoms with van der Waals surface area (Å²) in [6.07, 6.45) is 0. The lowest BCUT2D eigenvalue weighted by Gasteiger charge is -2.13. The van der Waals surface area contributed by atoms with Crippen molar-refractivity contribution < 1.29 is 15.0 Å². The van der Waals surface area contributed by atoms with Crippen LogP contribution in [0, 0.1) is 13.8 Å². The molecule has 0 bridgehead atoms. The molecule has 0 saturated heterocycles. The lowest BCUT2D eigenvalue weighted by atomic mass is 9.91. The van der Waals surface area contributed by atoms with E-state index >= 15 is 0 Å². The highest BCUT2D eigenvalue weighted by atomic mass is 16.3. The summed E-state index contributed by atoms with van der Waals surface area (Å²) in [5.74, 6) is 0.291. The van der Waals surface area contributed by atoms with Crippen LogP contribution in [0.3, 0.4) is 0 Å². The molecule has 0 heterocycles. The van der Waals surface area contributed by atoms with E-state index < -0.39 is 0 Å². The molecule has 0 amide bonds. The Kier molecular flexibility index (Phi) is 2.87. The zero-order valence-corrected chi connectivity index (χ0v) is 12.2. The summed E-state index contributed by atoms with van der Waals surface area (Å²) in [5.41, 5.74) is 1.95. The number of Topliss-reactive ketones (excluding diaryl/α,β-unsaturated/α-hetero) is 1. The second-order valence-electron chi connectivity index (χ2n) is 5.42. The van der Waals surface area contributed by atoms with Crippen LogP contribution in [0.4, 0.5) is 0 Å². The lowest BCUT2D eigenvalue weighted by Crippen LogP contribution is -1.98. The summed E-state index contributed by atoms with van der Waals surface area (Å²) in [6.45, 7) is 5.11. The van der Waals surface area contributed by atoms with E-state index in [9.17, 15) is 15.0 Å². The fraction of sp³-hybridized carbons (Fsp3) is 0.167. The summed E-state index contributed by atoms with van der Waals surface area (Å²) in [6, 6.07) is 8.94. The zero-order chi connectivity index (χ0) is 15.3. The molecule has 0 aliphatic heterocycles. The quantitative estimate of drug-likeness (QED) is 0.518. The average molecular weight is 280 g/mol. The number of ketones is 1. The first-order valence-electron chi connectivity index (χ1n) is 6.80. The molecular formula is C18H16O3. The predicted molar refractivity (Wildman–Crippen MR) is 84.3 cm³/mol. The molecule has 3 rings (SSSR count). The highest BCUT2D eigenvalue weighted by molar-refractivity contribution is 6.17. The Morgan fingerprint density at radius 1 is 0.810 bits per heavy atom. The first kappa shape index (κ1) is 13.4. The van der Waals surface area contributed by atoms with Gasteiger partial charge in [-0.1, -0.05) is 18.2 Å². The molecule has 106 valence electrons. The van der Waals surface area contributed by atoms with Crippen LogP contribution in [0.15, 0.2) is 30.3 Å². The predicted octanol–water partition coefficient (Wildman–Crippen LogP) is 4.22. The summed E-state index contributed by atoms with van der Waals surface area (Å²) in [7, 11) is 0. The summed E-state index contributed by atoms with van der Waals surface area (Å²) >= 11 is 0. The number of benzene rings is 3. The van der Waals surface area contributed by atoms with E-state index in [4.69, 9.17) is 0 Å². The monoisotopic (exact) mass is 280 g/mol. The van der Waals surface area contributed by atoms with Gasteiger partial charge in [0.2, 0.25) is 0 Å². The lowest BCUT2D eigenvalue weighted by molar-refractivity contribution is 0.101. The van der Waals surface area contributed by atoms with Crippen molar-refractivity contribution in [1.29, 1.82) is 0 Å². The van der Waals surface area contributed by atoms with E-state index in [0.29, 0.717) is 11.1 Å². The fourth-order valence-electron chi connectivity index (χ4n) is 2.97. The van der Waals surface area contributed by atoms with Gasteiger partial charge in [0.25, 0.3) is 0 Å². The standard InChI is InChI=1S/C18H16O3/c1-9-12-4-5-14-15(13(12)6-7-16(9)20)8-17(21)10(2)18(14)11(3)19/h4-8,20-21H,1-3H3. The highest BCUT2D eigenvalue weighted by Gasteiger charge is 2.15. The van der Waals surface area contributed by atoms with Crippen molar-refractivity contribution in [2.75, 3.05) is 0 Å². The Hall–Kier alpha value is -2.55. The normalized spacial score (nSPS) is 11.2. The number of rotatable bonds is 1. The van der Waals surface area contributed by atoms with E-state index in [1.165, 1.54) is 6.92 Å². The number of phenols is 2. The van der Waals surface area contributed by atoms with Gasteiger partial charge in [-0.3, -0.25) is 4.79 Å². The van der Waals surface area contributed by atoms with Crippen LogP contribution in [-0.2, 0) is 0 Å². The average Bonchev–Trinajstić information content (AvgIpc) is 2.43. The smallest absolute Gasteiger partial charge is 0.160 e. The Balaban J connectivity index is 2.58. The van der Waals surface area contributed by atoms with E-state index in [1.54, 1.807) is 19.1 Å². The van der Waals surface area contributed by atoms with Gasteiger partial charge in [-0.15, -0.1) is 0 Å². The van der Waals surface area contributed by atoms with Gasteiger partial charge >= 0.3 is 0 Å². The molecule has 2 N–H and O–H groups in total. The number of hydrogen-bond acceptors (Lipinski definition) is 3. The number of fused-ring (bicyclic) bond motifs is 3. The number of aromatic hydroxyl groups is 2. The van der Waals surface area contributed by atoms with E-state index in [-0.39, 0.29) is 17.3 Å². The van der Waals surface area contributed by atoms with Crippen molar-refractivity contribution in [1.82, 2.24) is 0 Å². The Labute approximate surface area is 122 Å². The molecule has 3 heteroatoms. The van der Waals surface area contributed by atoms with Gasteiger partial charge in [-0.2, -0.15) is 0 Å². The molecule has 0 aromatic heterocycles. The van der Waals surface area contributed by atoms with Crippen LogP contribution in [0.2, 0.25) is 0 Å². The van der Waals surface area contributed by atoms with Gasteiger partial charge in [-0.25, -0.2) is 0 Å². The summed E-state index contributed by atoms with van der Waals surface area (Å²) < 4.78 is 0. The second-order valence-corrected chi connectivity index (χ2v) is 5.42. The van der Waals surface area contributed by atoms with Crippen molar-refractivity contribution in [3.05, 3.63) is 47.0 Å². The third-order valence-electron chi connectivity index (χ3n) is 4.14. The molecule has 0 fully saturated rings. The Morgan fingerprint density at radius 2 is 1.43 bits per heavy atom. The van der Waals surface area contributed by atoms with Crippen LogP contribution in [0.25, 0.3) is 21.5 Å². The van der Waals surface area contributed by atoms with Crippen LogP contribution in [-0.4, -0.2) is 16.0 Å². The zero-order valence-electron chi connectivity index (χ0n) is 12.2. The Morgan fingerprint density at radius 3 is 2.10 bits per heavy atom. The first-order valence-corrected chi connectivity index (χ1v) is 6.80. The molecule has 0 unspecified atom stereocenters. The van der Waals surface area contributed by atoms with Gasteiger partial charge in [0.05, 0.1) is 0 Å². The minimum Gasteiger partial charge on any atom is -0.508 e. The molecule has 21 heavy (non-hydrogen) atoms. The third-order valence-corrected chi connectivity index (χ3v) is 4.14. The molecule has 0 aliphatic rings. The van der Waals surface area contributed by atoms with Crippen molar-refractivity contribution in [2.24, 2.45) is 0 Å². The van der Waals surface area contributed by atoms with Crippen molar-refractivity contribution in [3.63, 3.8) is 0 Å². The molecule has 0 saturated carbocycles. The molecule has 3 aromatic carbocycles. The topological polar surface area (TPSA) is 57.5 Å². The number of aryl methyl sites for hydroxylation is 1. The molecule has 3 nitrogen and oxygen atoms in total. The molecular weight excluding hydrogens is 264 g/mol. The minimum absolute atomic E-state index is 0.0664. The van der Waals surface area contributed by atoms with E-state index in [2.05, 4.69) is 0 Å². The molecule has 0 atom stereocenters. The van der Waals surface area contributed by atoms with Crippen LogP contribution >= 0.6 is 0 Å². The largest absolute Gasteiger partial charge is 0.508 e. The van der Waals surface area contributed by atoms with Crippen molar-refractivity contribution >= 4 is 27.3 Å². The van der Waals surface area contributed by atoms with E-state index in [1.807, 2.05) is 25.1 Å². The number of phenolic OH excluding ortho intramolecular Hbond substituents is 2. The number of hydrogen-bond donors (Lipinski definition) is 2. The molecule has 0 aliphatic carbocycles. The first-order chi connectivity index (χ1) is 9.91. The van der Waals surface area contributed by atoms with Gasteiger partial charge < -0.3 is 10.2 Å². The van der Waals surface area contributed by atoms with Crippen molar-refractivity contribution in [3.8, 4) is 11.5 Å². The fourth-order valence-corrected chi connectivity index (χ4v) is 2.97. The maximum Gasteiger partial charge on any atom is 0.160 e. The van der Waals surface area contributed by atoms with Gasteiger partial charge in [0.15, 0.2) is 5.78 Å². The van der Waals surface area contributed by atoms with E-state index in [0.717, 1.165) is 27.1 Å². The number of carbonyl (C=O) groups is 1. The number of carbonyl (C=O) groups excluding carboxylic acids is 1. The third kappa shape index (κ3) is 1.85. The van der Waals surface area contributed by atoms with Crippen LogP contribution in [0.5, 0.6) is 11.5 Å². The maximum absolute atomic E-state index is 11.9. The molecule has 3 aromatic rings. The maximum atomic E-state index is 11.9. The Bertz CT molecular complexity index is 908. The van der Waals surface area contributed by atoms with Crippen LogP contribution in [0.1, 0.15) is 28.4 Å². The highest BCUT2D eigenvalue weighted by Crippen LogP contribution is 2.37. The minimum atomic E-state index is -0.0664. The van der Waals surface area contributed by atoms with Gasteiger partial charge in [0, 0.05) is 11.1 Å². The van der Waals surface area contributed by atoms with Crippen LogP contribution < -0.4 is 0 Å². The summed E-state index contributed by atoms with van der Waals surface area (Å²) in [4.78, 5) is 11.9. The van der Waals surface area contributed by atoms with Gasteiger partial charge in [-0.05, 0) is 60.0 Å². The van der Waals surface area contributed by atoms with Crippen molar-refractivity contribution in [2.45, 2.75) is 20.8 Å². The molecule has 0 spiro atoms. The molecule has 0 radical (unpaired) electrons.